The monoisotopic (exact) mass is 343 g/mol. The molecule has 24 heavy (non-hydrogen) atoms. The molecule has 2 N–H and O–H groups in total. The molecule has 0 aromatic heterocycles. The predicted octanol–water partition coefficient (Wildman–Crippen LogP) is 2.87. The molecule has 1 saturated heterocycles. The van der Waals surface area contributed by atoms with Gasteiger partial charge in [-0.3, -0.25) is 4.79 Å². The fraction of sp³-hybridized carbons (Fsp3) is 0.588. The number of hydrogen-bond acceptors (Lipinski definition) is 3. The number of halogens is 3. The van der Waals surface area contributed by atoms with Crippen LogP contribution in [0, 0.1) is 0 Å². The van der Waals surface area contributed by atoms with E-state index in [0.717, 1.165) is 18.6 Å². The first-order valence-corrected chi connectivity index (χ1v) is 8.15. The van der Waals surface area contributed by atoms with E-state index >= 15 is 0 Å². The highest BCUT2D eigenvalue weighted by atomic mass is 19.4. The van der Waals surface area contributed by atoms with Gasteiger partial charge in [0.2, 0.25) is 5.91 Å². The van der Waals surface area contributed by atoms with E-state index < -0.39 is 17.3 Å². The Hall–Kier alpha value is -1.76. The summed E-state index contributed by atoms with van der Waals surface area (Å²) in [5, 5.41) is 0. The summed E-state index contributed by atoms with van der Waals surface area (Å²) in [6, 6.07) is 5.29. The van der Waals surface area contributed by atoms with Crippen LogP contribution in [0.15, 0.2) is 24.3 Å². The highest BCUT2D eigenvalue weighted by Crippen LogP contribution is 2.32. The Labute approximate surface area is 140 Å². The van der Waals surface area contributed by atoms with E-state index in [1.165, 1.54) is 6.07 Å². The van der Waals surface area contributed by atoms with Crippen molar-refractivity contribution in [3.63, 3.8) is 0 Å². The molecule has 1 unspecified atom stereocenters. The zero-order valence-electron chi connectivity index (χ0n) is 14.1. The third kappa shape index (κ3) is 4.20. The highest BCUT2D eigenvalue weighted by molar-refractivity contribution is 5.85. The first kappa shape index (κ1) is 18.6. The summed E-state index contributed by atoms with van der Waals surface area (Å²) < 4.78 is 38.5. The van der Waals surface area contributed by atoms with Crippen LogP contribution in [0.25, 0.3) is 0 Å². The van der Waals surface area contributed by atoms with Crippen LogP contribution in [-0.2, 0) is 11.0 Å². The lowest BCUT2D eigenvalue weighted by Crippen LogP contribution is -2.58. The molecule has 1 aliphatic rings. The Morgan fingerprint density at radius 1 is 1.21 bits per heavy atom. The van der Waals surface area contributed by atoms with Crippen LogP contribution in [0.5, 0.6) is 0 Å². The van der Waals surface area contributed by atoms with Crippen LogP contribution in [0.2, 0.25) is 0 Å². The molecule has 1 aliphatic heterocycles. The Morgan fingerprint density at radius 2 is 1.83 bits per heavy atom. The predicted molar refractivity (Wildman–Crippen MR) is 87.7 cm³/mol. The second-order valence-electron chi connectivity index (χ2n) is 6.49. The van der Waals surface area contributed by atoms with E-state index in [1.807, 2.05) is 11.8 Å². The maximum Gasteiger partial charge on any atom is 0.416 e. The fourth-order valence-electron chi connectivity index (χ4n) is 3.03. The van der Waals surface area contributed by atoms with Crippen molar-refractivity contribution < 1.29 is 18.0 Å². The number of carbonyl (C=O) groups is 1. The van der Waals surface area contributed by atoms with Crippen LogP contribution < -0.4 is 10.6 Å². The summed E-state index contributed by atoms with van der Waals surface area (Å²) in [6.45, 7) is 5.63. The fourth-order valence-corrected chi connectivity index (χ4v) is 3.03. The molecule has 1 aromatic rings. The SMILES string of the molecule is CCCC(C)(N)C(=O)N1CCN(c2cccc(C(F)(F)F)c2)CC1. The van der Waals surface area contributed by atoms with Crippen LogP contribution >= 0.6 is 0 Å². The number of anilines is 1. The molecule has 1 heterocycles. The standard InChI is InChI=1S/C17H24F3N3O/c1-3-7-16(2,21)15(24)23-10-8-22(9-11-23)14-6-4-5-13(12-14)17(18,19)20/h4-6,12H,3,7-11,21H2,1-2H3. The molecule has 0 saturated carbocycles. The molecule has 134 valence electrons. The molecule has 7 heteroatoms. The quantitative estimate of drug-likeness (QED) is 0.915. The van der Waals surface area contributed by atoms with Gasteiger partial charge in [0.05, 0.1) is 11.1 Å². The summed E-state index contributed by atoms with van der Waals surface area (Å²) in [7, 11) is 0. The average molecular weight is 343 g/mol. The second kappa shape index (κ2) is 7.01. The van der Waals surface area contributed by atoms with Crippen molar-refractivity contribution >= 4 is 11.6 Å². The van der Waals surface area contributed by atoms with Crippen LogP contribution in [-0.4, -0.2) is 42.5 Å². The molecular formula is C17H24F3N3O. The molecule has 2 rings (SSSR count). The van der Waals surface area contributed by atoms with E-state index in [-0.39, 0.29) is 5.91 Å². The molecule has 0 radical (unpaired) electrons. The summed E-state index contributed by atoms with van der Waals surface area (Å²) in [5.41, 5.74) is 5.08. The van der Waals surface area contributed by atoms with E-state index in [0.29, 0.717) is 38.3 Å². The minimum atomic E-state index is -4.35. The van der Waals surface area contributed by atoms with E-state index in [1.54, 1.807) is 17.9 Å². The van der Waals surface area contributed by atoms with Gasteiger partial charge in [0.1, 0.15) is 0 Å². The molecule has 0 spiro atoms. The Bertz CT molecular complexity index is 579. The number of alkyl halides is 3. The zero-order valence-corrected chi connectivity index (χ0v) is 14.1. The molecule has 0 aliphatic carbocycles. The molecule has 1 fully saturated rings. The van der Waals surface area contributed by atoms with Gasteiger partial charge in [-0.1, -0.05) is 19.4 Å². The molecule has 1 amide bonds. The van der Waals surface area contributed by atoms with Gasteiger partial charge in [0.15, 0.2) is 0 Å². The van der Waals surface area contributed by atoms with E-state index in [4.69, 9.17) is 5.73 Å². The molecule has 1 atom stereocenters. The van der Waals surface area contributed by atoms with Gasteiger partial charge in [-0.2, -0.15) is 13.2 Å². The van der Waals surface area contributed by atoms with Gasteiger partial charge in [-0.15, -0.1) is 0 Å². The van der Waals surface area contributed by atoms with Gasteiger partial charge in [0, 0.05) is 31.9 Å². The van der Waals surface area contributed by atoms with Gasteiger partial charge in [-0.25, -0.2) is 0 Å². The number of amides is 1. The lowest BCUT2D eigenvalue weighted by atomic mass is 9.95. The number of rotatable bonds is 4. The first-order valence-electron chi connectivity index (χ1n) is 8.15. The Kier molecular flexibility index (Phi) is 5.42. The largest absolute Gasteiger partial charge is 0.416 e. The third-order valence-electron chi connectivity index (χ3n) is 4.36. The minimum Gasteiger partial charge on any atom is -0.368 e. The van der Waals surface area contributed by atoms with Crippen molar-refractivity contribution in [2.45, 2.75) is 38.4 Å². The lowest BCUT2D eigenvalue weighted by Gasteiger charge is -2.39. The number of benzene rings is 1. The van der Waals surface area contributed by atoms with E-state index in [2.05, 4.69) is 0 Å². The van der Waals surface area contributed by atoms with Crippen LogP contribution in [0.3, 0.4) is 0 Å². The van der Waals surface area contributed by atoms with Crippen molar-refractivity contribution in [3.8, 4) is 0 Å². The Balaban J connectivity index is 2.02. The molecular weight excluding hydrogens is 319 g/mol. The molecule has 0 bridgehead atoms. The highest BCUT2D eigenvalue weighted by Gasteiger charge is 2.34. The summed E-state index contributed by atoms with van der Waals surface area (Å²) in [4.78, 5) is 16.0. The lowest BCUT2D eigenvalue weighted by molar-refractivity contribution is -0.137. The topological polar surface area (TPSA) is 49.6 Å². The molecule has 4 nitrogen and oxygen atoms in total. The second-order valence-corrected chi connectivity index (χ2v) is 6.49. The maximum absolute atomic E-state index is 12.8. The van der Waals surface area contributed by atoms with E-state index in [9.17, 15) is 18.0 Å². The summed E-state index contributed by atoms with van der Waals surface area (Å²) in [6.07, 6.45) is -2.92. The van der Waals surface area contributed by atoms with Gasteiger partial charge in [-0.05, 0) is 31.5 Å². The van der Waals surface area contributed by atoms with Crippen molar-refractivity contribution in [1.82, 2.24) is 4.90 Å². The molecule has 1 aromatic carbocycles. The Morgan fingerprint density at radius 3 is 2.38 bits per heavy atom. The maximum atomic E-state index is 12.8. The number of nitrogens with zero attached hydrogens (tertiary/aromatic N) is 2. The van der Waals surface area contributed by atoms with Crippen LogP contribution in [0.4, 0.5) is 18.9 Å². The van der Waals surface area contributed by atoms with Crippen molar-refractivity contribution in [3.05, 3.63) is 29.8 Å². The zero-order chi connectivity index (χ0) is 18.0. The van der Waals surface area contributed by atoms with Crippen molar-refractivity contribution in [2.75, 3.05) is 31.1 Å². The number of piperazine rings is 1. The van der Waals surface area contributed by atoms with Gasteiger partial charge in [0.25, 0.3) is 0 Å². The van der Waals surface area contributed by atoms with Crippen LogP contribution in [0.1, 0.15) is 32.3 Å². The van der Waals surface area contributed by atoms with Crippen molar-refractivity contribution in [2.24, 2.45) is 5.73 Å². The van der Waals surface area contributed by atoms with Gasteiger partial charge >= 0.3 is 6.18 Å². The van der Waals surface area contributed by atoms with Crippen molar-refractivity contribution in [1.29, 1.82) is 0 Å². The normalized spacial score (nSPS) is 18.4. The average Bonchev–Trinajstić information content (AvgIpc) is 2.53. The minimum absolute atomic E-state index is 0.0898. The summed E-state index contributed by atoms with van der Waals surface area (Å²) >= 11 is 0. The third-order valence-corrected chi connectivity index (χ3v) is 4.36. The summed E-state index contributed by atoms with van der Waals surface area (Å²) in [5.74, 6) is -0.0898. The number of carbonyl (C=O) groups excluding carboxylic acids is 1. The smallest absolute Gasteiger partial charge is 0.368 e. The number of nitrogens with two attached hydrogens (primary N) is 1. The first-order chi connectivity index (χ1) is 11.1. The van der Waals surface area contributed by atoms with Gasteiger partial charge < -0.3 is 15.5 Å². The number of hydrogen-bond donors (Lipinski definition) is 1.